The maximum absolute atomic E-state index is 6.19. The lowest BCUT2D eigenvalue weighted by atomic mass is 9.78. The molecule has 1 unspecified atom stereocenters. The highest BCUT2D eigenvalue weighted by atomic mass is 16.6. The van der Waals surface area contributed by atoms with Crippen LogP contribution in [-0.2, 0) is 15.6 Å². The zero-order chi connectivity index (χ0) is 15.8. The largest absolute Gasteiger partial charge is 0.490 e. The molecule has 2 heteroatoms. The lowest BCUT2D eigenvalue weighted by molar-refractivity contribution is 0.253. The first-order valence-corrected chi connectivity index (χ1v) is 7.69. The Morgan fingerprint density at radius 2 is 1.62 bits per heavy atom. The summed E-state index contributed by atoms with van der Waals surface area (Å²) in [6.45, 7) is 18.7. The molecule has 2 nitrogen and oxygen atoms in total. The Bertz CT molecular complexity index is 490. The van der Waals surface area contributed by atoms with E-state index in [9.17, 15) is 0 Å². The average molecular weight is 288 g/mol. The van der Waals surface area contributed by atoms with E-state index in [1.165, 1.54) is 11.1 Å². The molecule has 0 aromatic heterocycles. The van der Waals surface area contributed by atoms with Crippen LogP contribution in [0.3, 0.4) is 0 Å². The van der Waals surface area contributed by atoms with Crippen molar-refractivity contribution in [3.05, 3.63) is 35.4 Å². The van der Waals surface area contributed by atoms with Crippen molar-refractivity contribution in [3.63, 3.8) is 0 Å². The first-order chi connectivity index (χ1) is 9.63. The van der Waals surface area contributed by atoms with Gasteiger partial charge in [-0.15, -0.1) is 0 Å². The van der Waals surface area contributed by atoms with Crippen molar-refractivity contribution >= 4 is 6.08 Å². The molecule has 0 N–H and O–H groups in total. The van der Waals surface area contributed by atoms with Gasteiger partial charge in [-0.05, 0) is 28.5 Å². The lowest BCUT2D eigenvalue weighted by Gasteiger charge is -2.30. The van der Waals surface area contributed by atoms with E-state index in [1.54, 1.807) is 0 Å². The van der Waals surface area contributed by atoms with Crippen molar-refractivity contribution in [2.45, 2.75) is 58.5 Å². The molecule has 1 aromatic carbocycles. The molecule has 1 aliphatic rings. The van der Waals surface area contributed by atoms with Gasteiger partial charge >= 0.3 is 0 Å². The van der Waals surface area contributed by atoms with Gasteiger partial charge in [-0.25, -0.2) is 0 Å². The summed E-state index contributed by atoms with van der Waals surface area (Å²) >= 11 is 0. The van der Waals surface area contributed by atoms with E-state index in [0.29, 0.717) is 6.61 Å². The number of hydrogen-bond acceptors (Lipinski definition) is 2. The summed E-state index contributed by atoms with van der Waals surface area (Å²) in [5.74, 6) is 1.02. The van der Waals surface area contributed by atoms with Crippen molar-refractivity contribution in [2.75, 3.05) is 13.2 Å². The summed E-state index contributed by atoms with van der Waals surface area (Å²) in [4.78, 5) is 0. The van der Waals surface area contributed by atoms with Crippen LogP contribution in [0.5, 0.6) is 5.75 Å². The SMILES string of the molecule is C=Cc1cc(C(C)(C)C)c(OCC2CO2)c(C(C)(C)C)c1. The van der Waals surface area contributed by atoms with Gasteiger partial charge in [0.05, 0.1) is 6.61 Å². The number of epoxide rings is 1. The van der Waals surface area contributed by atoms with Crippen molar-refractivity contribution in [3.8, 4) is 5.75 Å². The van der Waals surface area contributed by atoms with E-state index in [1.807, 2.05) is 6.08 Å². The molecular weight excluding hydrogens is 260 g/mol. The Morgan fingerprint density at radius 1 is 1.14 bits per heavy atom. The van der Waals surface area contributed by atoms with Gasteiger partial charge in [0.25, 0.3) is 0 Å². The van der Waals surface area contributed by atoms with Gasteiger partial charge in [0.2, 0.25) is 0 Å². The van der Waals surface area contributed by atoms with Crippen LogP contribution >= 0.6 is 0 Å². The van der Waals surface area contributed by atoms with Crippen molar-refractivity contribution in [2.24, 2.45) is 0 Å². The molecule has 0 aliphatic carbocycles. The summed E-state index contributed by atoms with van der Waals surface area (Å²) in [5, 5.41) is 0. The molecule has 1 aliphatic heterocycles. The molecule has 1 saturated heterocycles. The fourth-order valence-corrected chi connectivity index (χ4v) is 2.38. The smallest absolute Gasteiger partial charge is 0.126 e. The van der Waals surface area contributed by atoms with E-state index in [4.69, 9.17) is 9.47 Å². The molecule has 2 rings (SSSR count). The molecule has 116 valence electrons. The van der Waals surface area contributed by atoms with Crippen LogP contribution in [0, 0.1) is 0 Å². The first-order valence-electron chi connectivity index (χ1n) is 7.69. The number of hydrogen-bond donors (Lipinski definition) is 0. The Hall–Kier alpha value is -1.28. The Balaban J connectivity index is 2.55. The Morgan fingerprint density at radius 3 is 1.95 bits per heavy atom. The molecule has 0 saturated carbocycles. The van der Waals surface area contributed by atoms with Crippen molar-refractivity contribution in [1.82, 2.24) is 0 Å². The molecule has 0 bridgehead atoms. The van der Waals surface area contributed by atoms with Gasteiger partial charge in [-0.2, -0.15) is 0 Å². The summed E-state index contributed by atoms with van der Waals surface area (Å²) in [7, 11) is 0. The third kappa shape index (κ3) is 3.88. The van der Waals surface area contributed by atoms with Crippen LogP contribution in [0.2, 0.25) is 0 Å². The monoisotopic (exact) mass is 288 g/mol. The van der Waals surface area contributed by atoms with E-state index >= 15 is 0 Å². The summed E-state index contributed by atoms with van der Waals surface area (Å²) in [6, 6.07) is 4.40. The lowest BCUT2D eigenvalue weighted by Crippen LogP contribution is -2.21. The summed E-state index contributed by atoms with van der Waals surface area (Å²) in [5.41, 5.74) is 3.69. The second kappa shape index (κ2) is 5.49. The zero-order valence-corrected chi connectivity index (χ0v) is 14.2. The molecular formula is C19H28O2. The second-order valence-electron chi connectivity index (χ2n) is 7.92. The normalized spacial score (nSPS) is 18.5. The van der Waals surface area contributed by atoms with Gasteiger partial charge < -0.3 is 9.47 Å². The van der Waals surface area contributed by atoms with E-state index < -0.39 is 0 Å². The number of rotatable bonds is 4. The van der Waals surface area contributed by atoms with Crippen LogP contribution < -0.4 is 4.74 Å². The van der Waals surface area contributed by atoms with Gasteiger partial charge in [-0.1, -0.05) is 54.2 Å². The molecule has 21 heavy (non-hydrogen) atoms. The van der Waals surface area contributed by atoms with Gasteiger partial charge in [-0.3, -0.25) is 0 Å². The van der Waals surface area contributed by atoms with Crippen LogP contribution in [0.25, 0.3) is 6.08 Å². The second-order valence-corrected chi connectivity index (χ2v) is 7.92. The van der Waals surface area contributed by atoms with Crippen LogP contribution in [0.1, 0.15) is 58.2 Å². The molecule has 1 heterocycles. The molecule has 0 amide bonds. The predicted molar refractivity (Wildman–Crippen MR) is 89.2 cm³/mol. The fraction of sp³-hybridized carbons (Fsp3) is 0.579. The van der Waals surface area contributed by atoms with Crippen molar-refractivity contribution in [1.29, 1.82) is 0 Å². The number of benzene rings is 1. The molecule has 0 spiro atoms. The topological polar surface area (TPSA) is 21.8 Å². The van der Waals surface area contributed by atoms with Gasteiger partial charge in [0.15, 0.2) is 0 Å². The van der Waals surface area contributed by atoms with Gasteiger partial charge in [0.1, 0.15) is 18.5 Å². The maximum atomic E-state index is 6.19. The maximum Gasteiger partial charge on any atom is 0.126 e. The number of ether oxygens (including phenoxy) is 2. The quantitative estimate of drug-likeness (QED) is 0.749. The van der Waals surface area contributed by atoms with E-state index in [-0.39, 0.29) is 16.9 Å². The molecule has 1 atom stereocenters. The summed E-state index contributed by atoms with van der Waals surface area (Å²) in [6.07, 6.45) is 2.18. The molecule has 1 fully saturated rings. The molecule has 1 aromatic rings. The predicted octanol–water partition coefficient (Wildman–Crippen LogP) is 4.70. The van der Waals surface area contributed by atoms with Gasteiger partial charge in [0, 0.05) is 11.1 Å². The minimum absolute atomic E-state index is 0.0265. The van der Waals surface area contributed by atoms with Crippen LogP contribution in [0.4, 0.5) is 0 Å². The third-order valence-electron chi connectivity index (χ3n) is 3.78. The van der Waals surface area contributed by atoms with Crippen molar-refractivity contribution < 1.29 is 9.47 Å². The zero-order valence-electron chi connectivity index (χ0n) is 14.2. The Kier molecular flexibility index (Phi) is 4.21. The van der Waals surface area contributed by atoms with E-state index in [2.05, 4.69) is 60.3 Å². The third-order valence-corrected chi connectivity index (χ3v) is 3.78. The molecule has 0 radical (unpaired) electrons. The highest BCUT2D eigenvalue weighted by molar-refractivity contribution is 5.58. The van der Waals surface area contributed by atoms with Crippen LogP contribution in [-0.4, -0.2) is 19.3 Å². The minimum atomic E-state index is 0.0265. The Labute approximate surface area is 129 Å². The minimum Gasteiger partial charge on any atom is -0.490 e. The highest BCUT2D eigenvalue weighted by Crippen LogP contribution is 2.41. The summed E-state index contributed by atoms with van der Waals surface area (Å²) < 4.78 is 11.5. The first kappa shape index (κ1) is 16.1. The average Bonchev–Trinajstić information content (AvgIpc) is 3.17. The van der Waals surface area contributed by atoms with Crippen LogP contribution in [0.15, 0.2) is 18.7 Å². The van der Waals surface area contributed by atoms with E-state index in [0.717, 1.165) is 17.9 Å². The standard InChI is InChI=1S/C19H28O2/c1-8-13-9-15(18(2,3)4)17(21-12-14-11-20-14)16(10-13)19(5,6)7/h8-10,14H,1,11-12H2,2-7H3. The highest BCUT2D eigenvalue weighted by Gasteiger charge is 2.30. The fourth-order valence-electron chi connectivity index (χ4n) is 2.38.